The van der Waals surface area contributed by atoms with Gasteiger partial charge in [0.1, 0.15) is 29.2 Å². The van der Waals surface area contributed by atoms with E-state index in [1.165, 1.54) is 17.0 Å². The van der Waals surface area contributed by atoms with Crippen molar-refractivity contribution in [1.82, 2.24) is 24.9 Å². The molecule has 130 valence electrons. The fraction of sp³-hybridized carbons (Fsp3) is 0.333. The Labute approximate surface area is 147 Å². The first-order valence-corrected chi connectivity index (χ1v) is 8.19. The average molecular weight is 362 g/mol. The zero-order valence-corrected chi connectivity index (χ0v) is 14.0. The molecule has 4 rings (SSSR count). The molecule has 0 aromatic carbocycles. The Kier molecular flexibility index (Phi) is 3.71. The lowest BCUT2D eigenvalue weighted by Crippen LogP contribution is -2.59. The van der Waals surface area contributed by atoms with Gasteiger partial charge in [-0.15, -0.1) is 0 Å². The van der Waals surface area contributed by atoms with Gasteiger partial charge in [0.05, 0.1) is 11.6 Å². The van der Waals surface area contributed by atoms with Crippen LogP contribution >= 0.6 is 11.6 Å². The third kappa shape index (κ3) is 2.56. The number of aromatic nitrogens is 3. The van der Waals surface area contributed by atoms with Crippen LogP contribution in [0.4, 0.5) is 11.5 Å². The molecule has 0 aliphatic carbocycles. The first-order valence-electron chi connectivity index (χ1n) is 7.81. The van der Waals surface area contributed by atoms with Crippen molar-refractivity contribution in [2.24, 2.45) is 5.84 Å². The molecule has 25 heavy (non-hydrogen) atoms. The Hall–Kier alpha value is -2.49. The van der Waals surface area contributed by atoms with E-state index in [1.807, 2.05) is 0 Å². The van der Waals surface area contributed by atoms with Crippen molar-refractivity contribution in [2.75, 3.05) is 18.4 Å². The van der Waals surface area contributed by atoms with Crippen molar-refractivity contribution in [3.8, 4) is 0 Å². The van der Waals surface area contributed by atoms with Gasteiger partial charge in [-0.3, -0.25) is 20.0 Å². The number of nitrogens with zero attached hydrogens (tertiary/aromatic N) is 4. The lowest BCUT2D eigenvalue weighted by atomic mass is 9.99. The molecule has 2 aromatic rings. The third-order valence-electron chi connectivity index (χ3n) is 4.49. The third-order valence-corrected chi connectivity index (χ3v) is 4.78. The molecule has 9 nitrogen and oxygen atoms in total. The number of nitrogens with two attached hydrogens (primary N) is 1. The molecular formula is C15H16ClN7O2. The number of nitrogens with one attached hydrogen (secondary N) is 2. The van der Waals surface area contributed by atoms with Gasteiger partial charge in [0.2, 0.25) is 0 Å². The molecule has 4 N–H and O–H groups in total. The summed E-state index contributed by atoms with van der Waals surface area (Å²) >= 11 is 6.31. The molecular weight excluding hydrogens is 346 g/mol. The number of fused-ring (bicyclic) bond motifs is 2. The van der Waals surface area contributed by atoms with Crippen molar-refractivity contribution in [1.29, 1.82) is 0 Å². The molecule has 2 aliphatic heterocycles. The maximum atomic E-state index is 13.1. The van der Waals surface area contributed by atoms with E-state index < -0.39 is 5.66 Å². The number of carbonyl (C=O) groups is 1. The minimum Gasteiger partial charge on any atom is -0.336 e. The number of halogens is 1. The summed E-state index contributed by atoms with van der Waals surface area (Å²) < 4.78 is 1.43. The van der Waals surface area contributed by atoms with Crippen LogP contribution in [0, 0.1) is 0 Å². The van der Waals surface area contributed by atoms with E-state index in [0.29, 0.717) is 25.3 Å². The van der Waals surface area contributed by atoms with Gasteiger partial charge in [-0.1, -0.05) is 11.6 Å². The lowest BCUT2D eigenvalue weighted by molar-refractivity contribution is 0.0673. The fourth-order valence-corrected chi connectivity index (χ4v) is 3.76. The number of hydrazine groups is 1. The van der Waals surface area contributed by atoms with Gasteiger partial charge >= 0.3 is 0 Å². The highest BCUT2D eigenvalue weighted by molar-refractivity contribution is 6.34. The predicted molar refractivity (Wildman–Crippen MR) is 91.5 cm³/mol. The first-order chi connectivity index (χ1) is 12.0. The molecule has 1 spiro atoms. The zero-order chi connectivity index (χ0) is 17.6. The summed E-state index contributed by atoms with van der Waals surface area (Å²) in [5, 5.41) is 7.64. The molecule has 2 aliphatic rings. The number of carbonyl (C=O) groups excluding carboxylic acids is 1. The molecule has 0 bridgehead atoms. The van der Waals surface area contributed by atoms with E-state index in [9.17, 15) is 9.59 Å². The summed E-state index contributed by atoms with van der Waals surface area (Å²) in [4.78, 5) is 33.4. The standard InChI is InChI=1S/C15H16ClN7O2/c16-9-6-10(20-11-2-4-18-8-19-11)14(25)23-12(9)13(24)21-15(23)3-1-5-22(17)7-15/h2,4,6,8H,1,3,5,7,17H2,(H,21,24)(H,18,19,20). The summed E-state index contributed by atoms with van der Waals surface area (Å²) in [6.07, 6.45) is 4.29. The first kappa shape index (κ1) is 16.0. The normalized spacial score (nSPS) is 22.7. The molecule has 1 fully saturated rings. The van der Waals surface area contributed by atoms with E-state index in [2.05, 4.69) is 20.6 Å². The van der Waals surface area contributed by atoms with E-state index >= 15 is 0 Å². The summed E-state index contributed by atoms with van der Waals surface area (Å²) in [5.41, 5.74) is -0.844. The number of amides is 1. The maximum absolute atomic E-state index is 13.1. The van der Waals surface area contributed by atoms with Crippen LogP contribution in [0.15, 0.2) is 29.5 Å². The van der Waals surface area contributed by atoms with Crippen LogP contribution < -0.4 is 22.0 Å². The van der Waals surface area contributed by atoms with Crippen LogP contribution in [0.5, 0.6) is 0 Å². The van der Waals surface area contributed by atoms with E-state index in [4.69, 9.17) is 17.4 Å². The van der Waals surface area contributed by atoms with Gasteiger partial charge in [0.25, 0.3) is 11.5 Å². The van der Waals surface area contributed by atoms with E-state index in [1.54, 1.807) is 17.3 Å². The minimum atomic E-state index is -0.885. The second-order valence-electron chi connectivity index (χ2n) is 6.17. The number of hydrogen-bond acceptors (Lipinski definition) is 7. The summed E-state index contributed by atoms with van der Waals surface area (Å²) in [7, 11) is 0. The molecule has 0 radical (unpaired) electrons. The molecule has 1 unspecified atom stereocenters. The van der Waals surface area contributed by atoms with Crippen LogP contribution in [0.25, 0.3) is 0 Å². The molecule has 4 heterocycles. The van der Waals surface area contributed by atoms with Crippen molar-refractivity contribution in [3.63, 3.8) is 0 Å². The second-order valence-corrected chi connectivity index (χ2v) is 6.58. The Bertz CT molecular complexity index is 901. The second kappa shape index (κ2) is 5.80. The Balaban J connectivity index is 1.85. The summed E-state index contributed by atoms with van der Waals surface area (Å²) in [5.74, 6) is 6.03. The van der Waals surface area contributed by atoms with Crippen molar-refractivity contribution in [3.05, 3.63) is 45.7 Å². The van der Waals surface area contributed by atoms with Gasteiger partial charge in [0, 0.05) is 12.7 Å². The highest BCUT2D eigenvalue weighted by atomic mass is 35.5. The quantitative estimate of drug-likeness (QED) is 0.662. The van der Waals surface area contributed by atoms with E-state index in [-0.39, 0.29) is 27.9 Å². The molecule has 1 saturated heterocycles. The smallest absolute Gasteiger partial charge is 0.276 e. The largest absolute Gasteiger partial charge is 0.336 e. The van der Waals surface area contributed by atoms with Crippen LogP contribution in [0.3, 0.4) is 0 Å². The van der Waals surface area contributed by atoms with Crippen molar-refractivity contribution < 1.29 is 4.79 Å². The monoisotopic (exact) mass is 361 g/mol. The Morgan fingerprint density at radius 1 is 1.40 bits per heavy atom. The van der Waals surface area contributed by atoms with Gasteiger partial charge in [-0.2, -0.15) is 0 Å². The number of rotatable bonds is 2. The van der Waals surface area contributed by atoms with Crippen LogP contribution in [0.1, 0.15) is 23.3 Å². The molecule has 2 aromatic heterocycles. The topological polar surface area (TPSA) is 118 Å². The van der Waals surface area contributed by atoms with Gasteiger partial charge in [-0.25, -0.2) is 15.0 Å². The predicted octanol–water partition coefficient (Wildman–Crippen LogP) is 0.401. The van der Waals surface area contributed by atoms with Gasteiger partial charge in [0.15, 0.2) is 0 Å². The van der Waals surface area contributed by atoms with Gasteiger partial charge < -0.3 is 10.6 Å². The molecule has 10 heteroatoms. The van der Waals surface area contributed by atoms with Crippen LogP contribution in [-0.4, -0.2) is 38.5 Å². The highest BCUT2D eigenvalue weighted by Crippen LogP contribution is 2.34. The number of piperidine rings is 1. The Morgan fingerprint density at radius 2 is 2.24 bits per heavy atom. The number of anilines is 2. The summed E-state index contributed by atoms with van der Waals surface area (Å²) in [6, 6.07) is 3.08. The zero-order valence-electron chi connectivity index (χ0n) is 13.2. The molecule has 0 saturated carbocycles. The molecule has 1 amide bonds. The summed E-state index contributed by atoms with van der Waals surface area (Å²) in [6.45, 7) is 1.03. The Morgan fingerprint density at radius 3 is 2.96 bits per heavy atom. The van der Waals surface area contributed by atoms with Crippen LogP contribution in [-0.2, 0) is 5.66 Å². The van der Waals surface area contributed by atoms with Gasteiger partial charge in [-0.05, 0) is 25.0 Å². The lowest BCUT2D eigenvalue weighted by Gasteiger charge is -2.39. The van der Waals surface area contributed by atoms with Crippen molar-refractivity contribution in [2.45, 2.75) is 18.5 Å². The average Bonchev–Trinajstić information content (AvgIpc) is 2.85. The fourth-order valence-electron chi connectivity index (χ4n) is 3.48. The highest BCUT2D eigenvalue weighted by Gasteiger charge is 2.47. The number of pyridine rings is 1. The SMILES string of the molecule is NN1CCCC2(C1)NC(=O)c1c(Cl)cc(Nc3ccncn3)c(=O)n12. The minimum absolute atomic E-state index is 0.162. The molecule has 1 atom stereocenters. The van der Waals surface area contributed by atoms with Crippen molar-refractivity contribution >= 4 is 29.0 Å². The van der Waals surface area contributed by atoms with E-state index in [0.717, 1.165) is 6.42 Å². The number of hydrogen-bond donors (Lipinski definition) is 3. The van der Waals surface area contributed by atoms with Crippen LogP contribution in [0.2, 0.25) is 5.02 Å². The maximum Gasteiger partial charge on any atom is 0.276 e.